The number of hydrogen-bond acceptors (Lipinski definition) is 5. The fourth-order valence-electron chi connectivity index (χ4n) is 5.21. The van der Waals surface area contributed by atoms with E-state index in [0.717, 1.165) is 61.0 Å². The second kappa shape index (κ2) is 11.5. The van der Waals surface area contributed by atoms with Gasteiger partial charge in [0, 0.05) is 36.6 Å². The van der Waals surface area contributed by atoms with Gasteiger partial charge in [-0.1, -0.05) is 51.1 Å². The molecule has 2 aromatic carbocycles. The first-order valence-corrected chi connectivity index (χ1v) is 12.8. The van der Waals surface area contributed by atoms with Gasteiger partial charge in [-0.25, -0.2) is 9.97 Å². The first kappa shape index (κ1) is 25.5. The molecule has 1 aliphatic rings. The van der Waals surface area contributed by atoms with Crippen molar-refractivity contribution < 1.29 is 9.90 Å². The van der Waals surface area contributed by atoms with Crippen molar-refractivity contribution in [1.82, 2.24) is 14.9 Å². The zero-order valence-electron chi connectivity index (χ0n) is 21.4. The smallest absolute Gasteiger partial charge is 0.307 e. The molecule has 6 nitrogen and oxygen atoms in total. The molecule has 1 atom stereocenters. The van der Waals surface area contributed by atoms with Crippen LogP contribution in [-0.2, 0) is 24.1 Å². The lowest BCUT2D eigenvalue weighted by Gasteiger charge is -2.18. The van der Waals surface area contributed by atoms with E-state index in [9.17, 15) is 15.2 Å². The van der Waals surface area contributed by atoms with Crippen molar-refractivity contribution in [3.8, 4) is 28.6 Å². The summed E-state index contributed by atoms with van der Waals surface area (Å²) in [6, 6.07) is 14.5. The summed E-state index contributed by atoms with van der Waals surface area (Å²) in [5.74, 6) is 0.131. The van der Waals surface area contributed by atoms with Crippen molar-refractivity contribution in [3.63, 3.8) is 0 Å². The summed E-state index contributed by atoms with van der Waals surface area (Å²) in [7, 11) is 0. The third-order valence-electron chi connectivity index (χ3n) is 7.06. The van der Waals surface area contributed by atoms with E-state index in [1.807, 2.05) is 30.6 Å². The highest BCUT2D eigenvalue weighted by molar-refractivity contribution is 5.71. The number of benzene rings is 2. The minimum atomic E-state index is -0.687. The van der Waals surface area contributed by atoms with Crippen molar-refractivity contribution >= 4 is 5.97 Å². The van der Waals surface area contributed by atoms with E-state index in [0.29, 0.717) is 23.9 Å². The van der Waals surface area contributed by atoms with Gasteiger partial charge in [0.25, 0.3) is 0 Å². The number of nitrogens with zero attached hydrogens (tertiary/aromatic N) is 4. The first-order valence-electron chi connectivity index (χ1n) is 12.8. The van der Waals surface area contributed by atoms with E-state index < -0.39 is 5.97 Å². The van der Waals surface area contributed by atoms with Gasteiger partial charge in [-0.05, 0) is 66.5 Å². The highest BCUT2D eigenvalue weighted by atomic mass is 16.4. The third-order valence-corrected chi connectivity index (χ3v) is 7.06. The van der Waals surface area contributed by atoms with E-state index in [2.05, 4.69) is 49.9 Å². The Hall–Kier alpha value is -3.56. The third kappa shape index (κ3) is 5.63. The van der Waals surface area contributed by atoms with E-state index in [4.69, 9.17) is 9.97 Å². The predicted molar refractivity (Wildman–Crippen MR) is 141 cm³/mol. The predicted octanol–water partition coefficient (Wildman–Crippen LogP) is 5.39. The standard InChI is InChI=1S/C30H34N4O2/c1-4-25-21(11-13-34-14-12-23(19-34)30(35)36)7-5-9-26(25)24-17-32-29(33-18-24)27-10-6-8-22(16-31)28(27)15-20(2)3/h5-10,17-18,20,23H,4,11-15,19H2,1-3H3,(H,35,36). The number of nitriles is 1. The largest absolute Gasteiger partial charge is 0.481 e. The van der Waals surface area contributed by atoms with Crippen LogP contribution in [-0.4, -0.2) is 45.6 Å². The van der Waals surface area contributed by atoms with Crippen molar-refractivity contribution in [2.24, 2.45) is 11.8 Å². The van der Waals surface area contributed by atoms with E-state index in [-0.39, 0.29) is 5.92 Å². The summed E-state index contributed by atoms with van der Waals surface area (Å²) >= 11 is 0. The first-order chi connectivity index (χ1) is 17.4. The van der Waals surface area contributed by atoms with Crippen LogP contribution in [0.5, 0.6) is 0 Å². The van der Waals surface area contributed by atoms with Gasteiger partial charge < -0.3 is 10.0 Å². The molecule has 1 aliphatic heterocycles. The molecule has 0 saturated carbocycles. The molecule has 4 rings (SSSR count). The Labute approximate surface area is 213 Å². The molecular formula is C30H34N4O2. The SMILES string of the molecule is CCc1c(CCN2CCC(C(=O)O)C2)cccc1-c1cnc(-c2cccc(C#N)c2CC(C)C)nc1. The molecule has 1 aromatic heterocycles. The number of likely N-dealkylation sites (tertiary alicyclic amines) is 1. The molecule has 0 radical (unpaired) electrons. The lowest BCUT2D eigenvalue weighted by molar-refractivity contribution is -0.141. The molecule has 1 N–H and O–H groups in total. The van der Waals surface area contributed by atoms with Gasteiger partial charge in [-0.3, -0.25) is 4.79 Å². The average molecular weight is 483 g/mol. The topological polar surface area (TPSA) is 90.1 Å². The van der Waals surface area contributed by atoms with Gasteiger partial charge in [0.15, 0.2) is 5.82 Å². The maximum Gasteiger partial charge on any atom is 0.307 e. The minimum Gasteiger partial charge on any atom is -0.481 e. The summed E-state index contributed by atoms with van der Waals surface area (Å²) < 4.78 is 0. The zero-order chi connectivity index (χ0) is 25.7. The van der Waals surface area contributed by atoms with Crippen LogP contribution in [0.1, 0.15) is 49.4 Å². The van der Waals surface area contributed by atoms with Gasteiger partial charge in [-0.15, -0.1) is 0 Å². The van der Waals surface area contributed by atoms with Gasteiger partial charge in [-0.2, -0.15) is 5.26 Å². The van der Waals surface area contributed by atoms with Crippen molar-refractivity contribution in [2.45, 2.75) is 46.5 Å². The lowest BCUT2D eigenvalue weighted by Crippen LogP contribution is -2.25. The summed E-state index contributed by atoms with van der Waals surface area (Å²) in [6.07, 6.45) is 7.09. The molecule has 2 heterocycles. The van der Waals surface area contributed by atoms with Crippen molar-refractivity contribution in [3.05, 3.63) is 71.0 Å². The maximum atomic E-state index is 11.3. The van der Waals surface area contributed by atoms with E-state index in [1.54, 1.807) is 0 Å². The number of aliphatic carboxylic acids is 1. The fourth-order valence-corrected chi connectivity index (χ4v) is 5.21. The van der Waals surface area contributed by atoms with E-state index in [1.165, 1.54) is 11.1 Å². The number of carboxylic acids is 1. The second-order valence-electron chi connectivity index (χ2n) is 10.0. The average Bonchev–Trinajstić information content (AvgIpc) is 3.37. The number of hydrogen-bond donors (Lipinski definition) is 1. The van der Waals surface area contributed by atoms with Gasteiger partial charge in [0.05, 0.1) is 17.6 Å². The fraction of sp³-hybridized carbons (Fsp3) is 0.400. The maximum absolute atomic E-state index is 11.3. The Morgan fingerprint density at radius 3 is 2.50 bits per heavy atom. The normalized spacial score (nSPS) is 15.8. The number of rotatable bonds is 9. The zero-order valence-corrected chi connectivity index (χ0v) is 21.4. The number of carboxylic acid groups (broad SMARTS) is 1. The van der Waals surface area contributed by atoms with Gasteiger partial charge in [0.2, 0.25) is 0 Å². The Bertz CT molecular complexity index is 1260. The van der Waals surface area contributed by atoms with Crippen molar-refractivity contribution in [2.75, 3.05) is 19.6 Å². The molecule has 1 unspecified atom stereocenters. The van der Waals surface area contributed by atoms with Gasteiger partial charge in [0.1, 0.15) is 0 Å². The Kier molecular flexibility index (Phi) is 8.12. The summed E-state index contributed by atoms with van der Waals surface area (Å²) in [4.78, 5) is 23.0. The molecule has 6 heteroatoms. The molecule has 0 aliphatic carbocycles. The number of aromatic nitrogens is 2. The quantitative estimate of drug-likeness (QED) is 0.440. The molecule has 0 spiro atoms. The van der Waals surface area contributed by atoms with Crippen LogP contribution in [0.3, 0.4) is 0 Å². The highest BCUT2D eigenvalue weighted by Crippen LogP contribution is 2.30. The van der Waals surface area contributed by atoms with Crippen LogP contribution >= 0.6 is 0 Å². The molecule has 0 bridgehead atoms. The Balaban J connectivity index is 1.57. The Morgan fingerprint density at radius 1 is 1.14 bits per heavy atom. The van der Waals surface area contributed by atoms with E-state index >= 15 is 0 Å². The molecule has 36 heavy (non-hydrogen) atoms. The van der Waals surface area contributed by atoms with Crippen LogP contribution < -0.4 is 0 Å². The summed E-state index contributed by atoms with van der Waals surface area (Å²) in [5.41, 5.74) is 7.30. The molecular weight excluding hydrogens is 448 g/mol. The van der Waals surface area contributed by atoms with Crippen LogP contribution in [0.25, 0.3) is 22.5 Å². The van der Waals surface area contributed by atoms with Crippen LogP contribution in [0, 0.1) is 23.2 Å². The minimum absolute atomic E-state index is 0.243. The summed E-state index contributed by atoms with van der Waals surface area (Å²) in [6.45, 7) is 8.81. The van der Waals surface area contributed by atoms with Crippen LogP contribution in [0.4, 0.5) is 0 Å². The lowest BCUT2D eigenvalue weighted by atomic mass is 9.92. The molecule has 1 fully saturated rings. The molecule has 0 amide bonds. The molecule has 186 valence electrons. The van der Waals surface area contributed by atoms with Crippen molar-refractivity contribution in [1.29, 1.82) is 5.26 Å². The van der Waals surface area contributed by atoms with Crippen LogP contribution in [0.2, 0.25) is 0 Å². The monoisotopic (exact) mass is 482 g/mol. The number of carbonyl (C=O) groups is 1. The van der Waals surface area contributed by atoms with Crippen LogP contribution in [0.15, 0.2) is 48.8 Å². The molecule has 3 aromatic rings. The second-order valence-corrected chi connectivity index (χ2v) is 10.0. The Morgan fingerprint density at radius 2 is 1.86 bits per heavy atom. The highest BCUT2D eigenvalue weighted by Gasteiger charge is 2.27. The molecule has 1 saturated heterocycles. The van der Waals surface area contributed by atoms with Gasteiger partial charge >= 0.3 is 5.97 Å². The summed E-state index contributed by atoms with van der Waals surface area (Å²) in [5, 5.41) is 18.9.